The number of rotatable bonds is 17. The van der Waals surface area contributed by atoms with Gasteiger partial charge in [0.15, 0.2) is 6.29 Å². The summed E-state index contributed by atoms with van der Waals surface area (Å²) in [6, 6.07) is 17.9. The van der Waals surface area contributed by atoms with Crippen molar-refractivity contribution in [2.45, 2.75) is 58.5 Å². The highest BCUT2D eigenvalue weighted by Crippen LogP contribution is 2.37. The monoisotopic (exact) mass is 759 g/mol. The SMILES string of the molecule is CCc1ccncc1-c1cc2cc(Nc3cnn(CCOC4CCCCO4)c3)ncc2c(N(Cc2ccc(OC)cc2OC)Cc2ccc(OC)cc2OC)n1. The summed E-state index contributed by atoms with van der Waals surface area (Å²) in [4.78, 5) is 17.0. The Balaban J connectivity index is 1.28. The van der Waals surface area contributed by atoms with Gasteiger partial charge in [-0.25, -0.2) is 9.97 Å². The van der Waals surface area contributed by atoms with Crippen LogP contribution in [0.3, 0.4) is 0 Å². The predicted octanol–water partition coefficient (Wildman–Crippen LogP) is 7.98. The van der Waals surface area contributed by atoms with E-state index in [1.165, 1.54) is 0 Å². The first-order chi connectivity index (χ1) is 27.5. The summed E-state index contributed by atoms with van der Waals surface area (Å²) in [6.07, 6.45) is 13.2. The summed E-state index contributed by atoms with van der Waals surface area (Å²) in [5.41, 5.74) is 5.65. The molecule has 1 unspecified atom stereocenters. The van der Waals surface area contributed by atoms with Crippen LogP contribution in [0.1, 0.15) is 42.9 Å². The second-order valence-electron chi connectivity index (χ2n) is 13.5. The molecule has 1 atom stereocenters. The van der Waals surface area contributed by atoms with Crippen molar-refractivity contribution in [1.29, 1.82) is 0 Å². The van der Waals surface area contributed by atoms with Crippen molar-refractivity contribution in [2.75, 3.05) is 51.9 Å². The fourth-order valence-corrected chi connectivity index (χ4v) is 6.94. The molecule has 4 aromatic heterocycles. The van der Waals surface area contributed by atoms with E-state index in [2.05, 4.69) is 33.3 Å². The van der Waals surface area contributed by atoms with E-state index in [9.17, 15) is 0 Å². The Morgan fingerprint density at radius 2 is 1.59 bits per heavy atom. The number of ether oxygens (including phenoxy) is 6. The second kappa shape index (κ2) is 18.1. The predicted molar refractivity (Wildman–Crippen MR) is 216 cm³/mol. The number of benzene rings is 2. The van der Waals surface area contributed by atoms with Crippen molar-refractivity contribution in [1.82, 2.24) is 24.7 Å². The average Bonchev–Trinajstić information content (AvgIpc) is 3.70. The number of nitrogens with one attached hydrogen (secondary N) is 1. The molecule has 6 aromatic rings. The molecule has 0 bridgehead atoms. The van der Waals surface area contributed by atoms with Crippen LogP contribution in [0.25, 0.3) is 22.0 Å². The van der Waals surface area contributed by atoms with Gasteiger partial charge in [0.05, 0.1) is 59.2 Å². The lowest BCUT2D eigenvalue weighted by atomic mass is 10.0. The van der Waals surface area contributed by atoms with Gasteiger partial charge in [-0.1, -0.05) is 6.92 Å². The molecule has 13 nitrogen and oxygen atoms in total. The van der Waals surface area contributed by atoms with Crippen LogP contribution in [0, 0.1) is 0 Å². The Morgan fingerprint density at radius 1 is 0.839 bits per heavy atom. The van der Waals surface area contributed by atoms with Gasteiger partial charge in [0.25, 0.3) is 0 Å². The van der Waals surface area contributed by atoms with E-state index in [-0.39, 0.29) is 6.29 Å². The largest absolute Gasteiger partial charge is 0.497 e. The van der Waals surface area contributed by atoms with E-state index in [0.29, 0.717) is 55.1 Å². The molecule has 1 aliphatic rings. The normalized spacial score (nSPS) is 14.1. The highest BCUT2D eigenvalue weighted by Gasteiger charge is 2.22. The fourth-order valence-electron chi connectivity index (χ4n) is 6.94. The summed E-state index contributed by atoms with van der Waals surface area (Å²) in [6.45, 7) is 4.95. The van der Waals surface area contributed by atoms with Crippen LogP contribution in [0.5, 0.6) is 23.0 Å². The number of hydrogen-bond acceptors (Lipinski definition) is 12. The number of aromatic nitrogens is 5. The minimum Gasteiger partial charge on any atom is -0.497 e. The van der Waals surface area contributed by atoms with Gasteiger partial charge in [-0.3, -0.25) is 9.67 Å². The molecule has 0 amide bonds. The van der Waals surface area contributed by atoms with E-state index >= 15 is 0 Å². The Labute approximate surface area is 327 Å². The van der Waals surface area contributed by atoms with Crippen molar-refractivity contribution in [3.63, 3.8) is 0 Å². The zero-order valence-corrected chi connectivity index (χ0v) is 32.7. The number of methoxy groups -OCH3 is 4. The van der Waals surface area contributed by atoms with Gasteiger partial charge in [0.2, 0.25) is 0 Å². The third kappa shape index (κ3) is 8.96. The first-order valence-electron chi connectivity index (χ1n) is 18.9. The third-order valence-corrected chi connectivity index (χ3v) is 9.94. The molecule has 1 fully saturated rings. The van der Waals surface area contributed by atoms with Gasteiger partial charge in [0, 0.05) is 78.7 Å². The Kier molecular flexibility index (Phi) is 12.4. The van der Waals surface area contributed by atoms with Crippen molar-refractivity contribution in [2.24, 2.45) is 0 Å². The summed E-state index contributed by atoms with van der Waals surface area (Å²) in [5.74, 6) is 4.25. The van der Waals surface area contributed by atoms with Crippen LogP contribution in [0.4, 0.5) is 17.3 Å². The molecular weight excluding hydrogens is 711 g/mol. The Morgan fingerprint density at radius 3 is 2.25 bits per heavy atom. The molecule has 5 heterocycles. The summed E-state index contributed by atoms with van der Waals surface area (Å²) < 4.78 is 36.3. The van der Waals surface area contributed by atoms with Crippen LogP contribution in [-0.2, 0) is 35.5 Å². The summed E-state index contributed by atoms with van der Waals surface area (Å²) >= 11 is 0. The minimum absolute atomic E-state index is 0.129. The third-order valence-electron chi connectivity index (χ3n) is 9.94. The fraction of sp³-hybridized carbons (Fsp3) is 0.349. The maximum Gasteiger partial charge on any atom is 0.157 e. The number of hydrogen-bond donors (Lipinski definition) is 1. The molecule has 0 radical (unpaired) electrons. The summed E-state index contributed by atoms with van der Waals surface area (Å²) in [5, 5.41) is 9.83. The lowest BCUT2D eigenvalue weighted by Crippen LogP contribution is -2.24. The smallest absolute Gasteiger partial charge is 0.157 e. The Hall–Kier alpha value is -5.92. The van der Waals surface area contributed by atoms with Gasteiger partial charge in [-0.05, 0) is 79.1 Å². The molecule has 1 aliphatic heterocycles. The molecule has 1 N–H and O–H groups in total. The van der Waals surface area contributed by atoms with E-state index in [4.69, 9.17) is 38.4 Å². The average molecular weight is 760 g/mol. The van der Waals surface area contributed by atoms with Gasteiger partial charge in [0.1, 0.15) is 34.6 Å². The quantitative estimate of drug-likeness (QED) is 0.0969. The van der Waals surface area contributed by atoms with Crippen molar-refractivity contribution < 1.29 is 28.4 Å². The Bertz CT molecular complexity index is 2180. The minimum atomic E-state index is -0.129. The molecule has 0 aliphatic carbocycles. The lowest BCUT2D eigenvalue weighted by Gasteiger charge is -2.28. The zero-order valence-electron chi connectivity index (χ0n) is 32.7. The molecule has 292 valence electrons. The maximum atomic E-state index is 5.92. The maximum absolute atomic E-state index is 5.92. The molecule has 0 spiro atoms. The van der Waals surface area contributed by atoms with E-state index in [1.54, 1.807) is 34.6 Å². The number of fused-ring (bicyclic) bond motifs is 1. The molecule has 7 rings (SSSR count). The first kappa shape index (κ1) is 38.4. The van der Waals surface area contributed by atoms with Gasteiger partial charge in [-0.2, -0.15) is 5.10 Å². The van der Waals surface area contributed by atoms with Crippen LogP contribution in [0.2, 0.25) is 0 Å². The van der Waals surface area contributed by atoms with E-state index < -0.39 is 0 Å². The molecule has 2 aromatic carbocycles. The second-order valence-corrected chi connectivity index (χ2v) is 13.5. The number of nitrogens with zero attached hydrogens (tertiary/aromatic N) is 6. The van der Waals surface area contributed by atoms with E-state index in [1.807, 2.05) is 78.0 Å². The van der Waals surface area contributed by atoms with Crippen LogP contribution in [-0.4, -0.2) is 72.7 Å². The molecule has 56 heavy (non-hydrogen) atoms. The van der Waals surface area contributed by atoms with Gasteiger partial charge < -0.3 is 38.6 Å². The standard InChI is InChI=1S/C43H49N7O6/c1-6-29-14-15-44-24-36(29)38-19-32-20-41(47-33-23-46-50(28-33)16-18-56-42-9-7-8-17-55-42)45-25-37(32)43(48-38)49(26-30-10-12-34(51-2)21-39(30)53-4)27-31-11-13-35(52-3)22-40(31)54-5/h10-15,19-25,28,42H,6-9,16-18,26-27H2,1-5H3,(H,45,47). The van der Waals surface area contributed by atoms with Crippen LogP contribution in [0.15, 0.2) is 85.6 Å². The van der Waals surface area contributed by atoms with Gasteiger partial charge in [-0.15, -0.1) is 0 Å². The van der Waals surface area contributed by atoms with Crippen LogP contribution >= 0.6 is 0 Å². The first-order valence-corrected chi connectivity index (χ1v) is 18.9. The number of anilines is 3. The highest BCUT2D eigenvalue weighted by atomic mass is 16.7. The highest BCUT2D eigenvalue weighted by molar-refractivity contribution is 5.96. The molecule has 0 saturated carbocycles. The van der Waals surface area contributed by atoms with Gasteiger partial charge >= 0.3 is 0 Å². The van der Waals surface area contributed by atoms with Crippen molar-refractivity contribution >= 4 is 28.1 Å². The zero-order chi connectivity index (χ0) is 38.9. The van der Waals surface area contributed by atoms with Crippen LogP contribution < -0.4 is 29.2 Å². The topological polar surface area (TPSA) is 127 Å². The molecule has 1 saturated heterocycles. The summed E-state index contributed by atoms with van der Waals surface area (Å²) in [7, 11) is 6.63. The molecular formula is C43H49N7O6. The number of aryl methyl sites for hydroxylation is 1. The van der Waals surface area contributed by atoms with E-state index in [0.717, 1.165) is 82.5 Å². The number of pyridine rings is 3. The molecule has 13 heteroatoms. The van der Waals surface area contributed by atoms with Crippen molar-refractivity contribution in [3.05, 3.63) is 102 Å². The lowest BCUT2D eigenvalue weighted by molar-refractivity contribution is -0.163. The van der Waals surface area contributed by atoms with Crippen molar-refractivity contribution in [3.8, 4) is 34.3 Å².